The fraction of sp³-hybridized carbons (Fsp3) is 0.538. The summed E-state index contributed by atoms with van der Waals surface area (Å²) >= 11 is 0. The molecule has 1 unspecified atom stereocenters. The van der Waals surface area contributed by atoms with Crippen molar-refractivity contribution in [3.63, 3.8) is 0 Å². The normalized spacial score (nSPS) is 15.2. The number of hydrogen-bond donors (Lipinski definition) is 2. The Labute approximate surface area is 118 Å². The molecule has 1 atom stereocenters. The standard InChI is InChI=1S/C13H20FNO4S/c1-9(2)20(17,18)15-8-13(3,16)11-6-5-10(19-4)7-12(11)14/h5-7,9,15-16H,8H2,1-4H3. The van der Waals surface area contributed by atoms with E-state index >= 15 is 0 Å². The summed E-state index contributed by atoms with van der Waals surface area (Å²) in [7, 11) is -2.12. The van der Waals surface area contributed by atoms with Crippen molar-refractivity contribution in [2.24, 2.45) is 0 Å². The molecule has 0 aliphatic carbocycles. The molecular weight excluding hydrogens is 285 g/mol. The number of ether oxygens (including phenoxy) is 1. The van der Waals surface area contributed by atoms with E-state index in [0.717, 1.165) is 6.07 Å². The monoisotopic (exact) mass is 305 g/mol. The van der Waals surface area contributed by atoms with Crippen molar-refractivity contribution in [2.75, 3.05) is 13.7 Å². The van der Waals surface area contributed by atoms with Crippen LogP contribution in [0.1, 0.15) is 26.3 Å². The molecule has 1 aromatic rings. The van der Waals surface area contributed by atoms with Crippen LogP contribution in [0.4, 0.5) is 4.39 Å². The second-order valence-electron chi connectivity index (χ2n) is 5.03. The van der Waals surface area contributed by atoms with E-state index in [9.17, 15) is 17.9 Å². The number of rotatable bonds is 6. The van der Waals surface area contributed by atoms with Crippen molar-refractivity contribution in [1.29, 1.82) is 0 Å². The van der Waals surface area contributed by atoms with E-state index in [2.05, 4.69) is 4.72 Å². The van der Waals surface area contributed by atoms with Crippen LogP contribution in [0.15, 0.2) is 18.2 Å². The van der Waals surface area contributed by atoms with Gasteiger partial charge in [-0.2, -0.15) is 0 Å². The molecule has 0 aromatic heterocycles. The number of aliphatic hydroxyl groups is 1. The number of benzene rings is 1. The molecule has 0 saturated carbocycles. The number of methoxy groups -OCH3 is 1. The SMILES string of the molecule is COc1ccc(C(C)(O)CNS(=O)(=O)C(C)C)c(F)c1. The van der Waals surface area contributed by atoms with Crippen LogP contribution in [-0.2, 0) is 15.6 Å². The third-order valence-electron chi connectivity index (χ3n) is 2.99. The van der Waals surface area contributed by atoms with Crippen molar-refractivity contribution in [3.05, 3.63) is 29.6 Å². The molecule has 0 spiro atoms. The van der Waals surface area contributed by atoms with Crippen molar-refractivity contribution in [1.82, 2.24) is 4.72 Å². The molecule has 0 bridgehead atoms. The van der Waals surface area contributed by atoms with Gasteiger partial charge in [0.05, 0.1) is 12.4 Å². The van der Waals surface area contributed by atoms with Gasteiger partial charge in [0.2, 0.25) is 10.0 Å². The van der Waals surface area contributed by atoms with Gasteiger partial charge < -0.3 is 9.84 Å². The Kier molecular flexibility index (Phi) is 5.12. The quantitative estimate of drug-likeness (QED) is 0.832. The summed E-state index contributed by atoms with van der Waals surface area (Å²) in [4.78, 5) is 0. The molecule has 0 fully saturated rings. The zero-order chi connectivity index (χ0) is 15.6. The van der Waals surface area contributed by atoms with E-state index in [4.69, 9.17) is 4.74 Å². The second-order valence-corrected chi connectivity index (χ2v) is 7.36. The van der Waals surface area contributed by atoms with Crippen LogP contribution in [0.5, 0.6) is 5.75 Å². The van der Waals surface area contributed by atoms with Gasteiger partial charge in [0.25, 0.3) is 0 Å². The third-order valence-corrected chi connectivity index (χ3v) is 4.78. The number of nitrogens with one attached hydrogen (secondary N) is 1. The molecule has 0 amide bonds. The highest BCUT2D eigenvalue weighted by atomic mass is 32.2. The average Bonchev–Trinajstić information content (AvgIpc) is 2.36. The predicted octanol–water partition coefficient (Wildman–Crippen LogP) is 1.37. The maximum Gasteiger partial charge on any atom is 0.214 e. The van der Waals surface area contributed by atoms with Crippen LogP contribution >= 0.6 is 0 Å². The van der Waals surface area contributed by atoms with E-state index in [1.165, 1.54) is 40.0 Å². The van der Waals surface area contributed by atoms with Gasteiger partial charge in [-0.05, 0) is 32.9 Å². The first-order chi connectivity index (χ1) is 9.10. The van der Waals surface area contributed by atoms with E-state index in [1.807, 2.05) is 0 Å². The topological polar surface area (TPSA) is 75.6 Å². The van der Waals surface area contributed by atoms with Gasteiger partial charge in [-0.3, -0.25) is 0 Å². The molecule has 0 aliphatic heterocycles. The minimum absolute atomic E-state index is 0.00440. The van der Waals surface area contributed by atoms with E-state index in [1.54, 1.807) is 0 Å². The van der Waals surface area contributed by atoms with Crippen LogP contribution < -0.4 is 9.46 Å². The van der Waals surface area contributed by atoms with Crippen LogP contribution in [-0.4, -0.2) is 32.4 Å². The van der Waals surface area contributed by atoms with Gasteiger partial charge in [0.1, 0.15) is 17.2 Å². The van der Waals surface area contributed by atoms with Gasteiger partial charge in [-0.15, -0.1) is 0 Å². The van der Waals surface area contributed by atoms with Gasteiger partial charge >= 0.3 is 0 Å². The van der Waals surface area contributed by atoms with Gasteiger partial charge in [0.15, 0.2) is 0 Å². The minimum atomic E-state index is -3.52. The average molecular weight is 305 g/mol. The fourth-order valence-corrected chi connectivity index (χ4v) is 2.38. The Morgan fingerprint density at radius 1 is 1.45 bits per heavy atom. The third kappa shape index (κ3) is 3.91. The Bertz CT molecular complexity index is 570. The Morgan fingerprint density at radius 3 is 2.50 bits per heavy atom. The first-order valence-corrected chi connectivity index (χ1v) is 7.69. The summed E-state index contributed by atoms with van der Waals surface area (Å²) < 4.78 is 44.4. The summed E-state index contributed by atoms with van der Waals surface area (Å²) in [6, 6.07) is 4.02. The molecule has 114 valence electrons. The van der Waals surface area contributed by atoms with E-state index < -0.39 is 26.7 Å². The molecule has 0 saturated heterocycles. The lowest BCUT2D eigenvalue weighted by molar-refractivity contribution is 0.0588. The van der Waals surface area contributed by atoms with Gasteiger partial charge in [-0.25, -0.2) is 17.5 Å². The molecule has 0 aliphatic rings. The largest absolute Gasteiger partial charge is 0.497 e. The molecule has 0 radical (unpaired) electrons. The van der Waals surface area contributed by atoms with Gasteiger partial charge in [-0.1, -0.05) is 0 Å². The summed E-state index contributed by atoms with van der Waals surface area (Å²) in [6.07, 6.45) is 0. The highest BCUT2D eigenvalue weighted by molar-refractivity contribution is 7.90. The van der Waals surface area contributed by atoms with Gasteiger partial charge in [0, 0.05) is 18.2 Å². The lowest BCUT2D eigenvalue weighted by Crippen LogP contribution is -2.41. The van der Waals surface area contributed by atoms with Crippen LogP contribution in [0.25, 0.3) is 0 Å². The number of halogens is 1. The van der Waals surface area contributed by atoms with Crippen molar-refractivity contribution >= 4 is 10.0 Å². The lowest BCUT2D eigenvalue weighted by Gasteiger charge is -2.25. The minimum Gasteiger partial charge on any atom is -0.497 e. The molecule has 0 heterocycles. The summed E-state index contributed by atoms with van der Waals surface area (Å²) in [5.41, 5.74) is -1.65. The molecule has 1 rings (SSSR count). The number of sulfonamides is 1. The Hall–Kier alpha value is -1.18. The smallest absolute Gasteiger partial charge is 0.214 e. The molecule has 1 aromatic carbocycles. The number of hydrogen-bond acceptors (Lipinski definition) is 4. The summed E-state index contributed by atoms with van der Waals surface area (Å²) in [5.74, 6) is -0.331. The highest BCUT2D eigenvalue weighted by Crippen LogP contribution is 2.26. The summed E-state index contributed by atoms with van der Waals surface area (Å²) in [5, 5.41) is 9.64. The molecule has 20 heavy (non-hydrogen) atoms. The fourth-order valence-electron chi connectivity index (χ4n) is 1.56. The predicted molar refractivity (Wildman–Crippen MR) is 74.6 cm³/mol. The van der Waals surface area contributed by atoms with Crippen LogP contribution in [0.3, 0.4) is 0 Å². The van der Waals surface area contributed by atoms with Crippen LogP contribution in [0, 0.1) is 5.82 Å². The second kappa shape index (κ2) is 6.07. The first-order valence-electron chi connectivity index (χ1n) is 6.15. The molecular formula is C13H20FNO4S. The van der Waals surface area contributed by atoms with Crippen LogP contribution in [0.2, 0.25) is 0 Å². The summed E-state index contributed by atoms with van der Waals surface area (Å²) in [6.45, 7) is 4.08. The molecule has 2 N–H and O–H groups in total. The zero-order valence-corrected chi connectivity index (χ0v) is 12.8. The zero-order valence-electron chi connectivity index (χ0n) is 12.0. The van der Waals surface area contributed by atoms with E-state index in [-0.39, 0.29) is 12.1 Å². The van der Waals surface area contributed by atoms with E-state index in [0.29, 0.717) is 5.75 Å². The highest BCUT2D eigenvalue weighted by Gasteiger charge is 2.29. The van der Waals surface area contributed by atoms with Crippen molar-refractivity contribution in [2.45, 2.75) is 31.6 Å². The van der Waals surface area contributed by atoms with Crippen molar-refractivity contribution < 1.29 is 22.7 Å². The first kappa shape index (κ1) is 16.9. The molecule has 5 nitrogen and oxygen atoms in total. The van der Waals surface area contributed by atoms with Crippen molar-refractivity contribution in [3.8, 4) is 5.75 Å². The lowest BCUT2D eigenvalue weighted by atomic mass is 9.95. The maximum absolute atomic E-state index is 13.9. The molecule has 7 heteroatoms. The Balaban J connectivity index is 2.94. The maximum atomic E-state index is 13.9. The Morgan fingerprint density at radius 2 is 2.05 bits per heavy atom.